The second-order valence-electron chi connectivity index (χ2n) is 14.4. The number of hydrogen-bond acceptors (Lipinski definition) is 3. The van der Waals surface area contributed by atoms with Gasteiger partial charge in [-0.25, -0.2) is 0 Å². The fraction of sp³-hybridized carbons (Fsp3) is 0.723. The van der Waals surface area contributed by atoms with E-state index in [0.717, 1.165) is 57.8 Å². The van der Waals surface area contributed by atoms with Gasteiger partial charge in [0.1, 0.15) is 0 Å². The first-order valence-electron chi connectivity index (χ1n) is 21.7. The van der Waals surface area contributed by atoms with Gasteiger partial charge in [-0.05, 0) is 57.8 Å². The van der Waals surface area contributed by atoms with Crippen LogP contribution in [-0.2, 0) is 4.79 Å². The van der Waals surface area contributed by atoms with E-state index in [1.165, 1.54) is 122 Å². The number of aliphatic hydroxyl groups excluding tert-OH is 2. The van der Waals surface area contributed by atoms with Gasteiger partial charge < -0.3 is 15.5 Å². The van der Waals surface area contributed by atoms with Gasteiger partial charge in [0.2, 0.25) is 5.91 Å². The summed E-state index contributed by atoms with van der Waals surface area (Å²) in [6.07, 6.45) is 60.1. The summed E-state index contributed by atoms with van der Waals surface area (Å²) in [5, 5.41) is 23.0. The first-order chi connectivity index (χ1) is 25.2. The van der Waals surface area contributed by atoms with Gasteiger partial charge in [-0.2, -0.15) is 0 Å². The summed E-state index contributed by atoms with van der Waals surface area (Å²) >= 11 is 0. The largest absolute Gasteiger partial charge is 0.394 e. The minimum absolute atomic E-state index is 0.122. The molecule has 0 saturated carbocycles. The van der Waals surface area contributed by atoms with Crippen LogP contribution in [0.2, 0.25) is 0 Å². The van der Waals surface area contributed by atoms with E-state index in [1.54, 1.807) is 6.08 Å². The summed E-state index contributed by atoms with van der Waals surface area (Å²) in [6.45, 7) is 4.17. The molecular formula is C47H83NO3. The van der Waals surface area contributed by atoms with Gasteiger partial charge in [-0.1, -0.05) is 209 Å². The first-order valence-corrected chi connectivity index (χ1v) is 21.7. The maximum Gasteiger partial charge on any atom is 0.220 e. The van der Waals surface area contributed by atoms with Crippen molar-refractivity contribution >= 4 is 5.91 Å². The first kappa shape index (κ1) is 48.8. The minimum atomic E-state index is -0.866. The molecule has 0 aliphatic rings. The van der Waals surface area contributed by atoms with Crippen LogP contribution in [-0.4, -0.2) is 34.9 Å². The van der Waals surface area contributed by atoms with Gasteiger partial charge in [0.25, 0.3) is 0 Å². The Hall–Kier alpha value is -2.17. The maximum absolute atomic E-state index is 12.3. The second kappa shape index (κ2) is 42.2. The monoisotopic (exact) mass is 710 g/mol. The van der Waals surface area contributed by atoms with E-state index in [1.807, 2.05) is 6.08 Å². The lowest BCUT2D eigenvalue weighted by atomic mass is 10.0. The number of carbonyl (C=O) groups excluding carboxylic acids is 1. The molecule has 2 atom stereocenters. The molecule has 0 heterocycles. The maximum atomic E-state index is 12.3. The Morgan fingerprint density at radius 3 is 1.27 bits per heavy atom. The Kier molecular flexibility index (Phi) is 40.4. The van der Waals surface area contributed by atoms with Gasteiger partial charge >= 0.3 is 0 Å². The zero-order valence-corrected chi connectivity index (χ0v) is 33.6. The SMILES string of the molecule is CC/C=C\C/C=C\C/C=C\C/C=C\C/C=C\CCCC(=O)NC(CO)C(O)/C=C/CCCCCCCCCCCCCCCCCCCCCC. The number of nitrogens with one attached hydrogen (secondary N) is 1. The van der Waals surface area contributed by atoms with E-state index >= 15 is 0 Å². The molecule has 0 fully saturated rings. The van der Waals surface area contributed by atoms with E-state index in [2.05, 4.69) is 79.9 Å². The number of amides is 1. The molecule has 0 aromatic heterocycles. The fourth-order valence-corrected chi connectivity index (χ4v) is 6.15. The summed E-state index contributed by atoms with van der Waals surface area (Å²) < 4.78 is 0. The van der Waals surface area contributed by atoms with Crippen molar-refractivity contribution in [3.63, 3.8) is 0 Å². The molecule has 2 unspecified atom stereocenters. The Morgan fingerprint density at radius 1 is 0.490 bits per heavy atom. The lowest BCUT2D eigenvalue weighted by Gasteiger charge is -2.19. The molecule has 0 saturated heterocycles. The van der Waals surface area contributed by atoms with E-state index < -0.39 is 12.1 Å². The summed E-state index contributed by atoms with van der Waals surface area (Å²) in [5.74, 6) is -0.122. The Balaban J connectivity index is 3.66. The van der Waals surface area contributed by atoms with Crippen molar-refractivity contribution < 1.29 is 15.0 Å². The molecule has 1 amide bonds. The van der Waals surface area contributed by atoms with Crippen molar-refractivity contribution in [1.29, 1.82) is 0 Å². The molecule has 0 radical (unpaired) electrons. The van der Waals surface area contributed by atoms with Crippen molar-refractivity contribution in [3.8, 4) is 0 Å². The number of allylic oxidation sites excluding steroid dienone is 11. The van der Waals surface area contributed by atoms with Gasteiger partial charge in [-0.15, -0.1) is 0 Å². The topological polar surface area (TPSA) is 69.6 Å². The van der Waals surface area contributed by atoms with E-state index in [-0.39, 0.29) is 12.5 Å². The normalized spacial score (nSPS) is 13.7. The van der Waals surface area contributed by atoms with Crippen molar-refractivity contribution in [2.75, 3.05) is 6.61 Å². The molecule has 51 heavy (non-hydrogen) atoms. The highest BCUT2D eigenvalue weighted by Crippen LogP contribution is 2.15. The van der Waals surface area contributed by atoms with Crippen molar-refractivity contribution in [2.45, 2.75) is 212 Å². The lowest BCUT2D eigenvalue weighted by Crippen LogP contribution is -2.45. The fourth-order valence-electron chi connectivity index (χ4n) is 6.15. The molecule has 0 aromatic carbocycles. The van der Waals surface area contributed by atoms with Crippen molar-refractivity contribution in [2.24, 2.45) is 0 Å². The third-order valence-electron chi connectivity index (χ3n) is 9.45. The highest BCUT2D eigenvalue weighted by molar-refractivity contribution is 5.76. The molecule has 0 aromatic rings. The number of unbranched alkanes of at least 4 members (excludes halogenated alkanes) is 21. The van der Waals surface area contributed by atoms with Crippen LogP contribution in [0.15, 0.2) is 72.9 Å². The lowest BCUT2D eigenvalue weighted by molar-refractivity contribution is -0.122. The van der Waals surface area contributed by atoms with Crippen LogP contribution < -0.4 is 5.32 Å². The summed E-state index contributed by atoms with van der Waals surface area (Å²) in [4.78, 5) is 12.3. The highest BCUT2D eigenvalue weighted by Gasteiger charge is 2.17. The van der Waals surface area contributed by atoms with E-state index in [0.29, 0.717) is 6.42 Å². The number of carbonyl (C=O) groups is 1. The zero-order valence-electron chi connectivity index (χ0n) is 33.6. The third kappa shape index (κ3) is 38.9. The van der Waals surface area contributed by atoms with Crippen LogP contribution in [0.5, 0.6) is 0 Å². The Bertz CT molecular complexity index is 899. The highest BCUT2D eigenvalue weighted by atomic mass is 16.3. The van der Waals surface area contributed by atoms with Gasteiger partial charge in [0.05, 0.1) is 18.8 Å². The molecule has 294 valence electrons. The average molecular weight is 710 g/mol. The number of aliphatic hydroxyl groups is 2. The minimum Gasteiger partial charge on any atom is -0.394 e. The molecule has 0 bridgehead atoms. The van der Waals surface area contributed by atoms with Crippen LogP contribution >= 0.6 is 0 Å². The van der Waals surface area contributed by atoms with E-state index in [9.17, 15) is 15.0 Å². The molecule has 0 aliphatic heterocycles. The smallest absolute Gasteiger partial charge is 0.220 e. The molecule has 3 N–H and O–H groups in total. The quantitative estimate of drug-likeness (QED) is 0.0441. The van der Waals surface area contributed by atoms with Crippen LogP contribution in [0.3, 0.4) is 0 Å². The van der Waals surface area contributed by atoms with Gasteiger partial charge in [-0.3, -0.25) is 4.79 Å². The second-order valence-corrected chi connectivity index (χ2v) is 14.4. The van der Waals surface area contributed by atoms with Crippen LogP contribution in [0.4, 0.5) is 0 Å². The standard InChI is InChI=1S/C47H83NO3/c1-3-5-7-9-11-13-15-17-19-21-22-23-24-25-27-28-30-32-34-36-38-40-42-46(50)45(44-49)48-47(51)43-41-39-37-35-33-31-29-26-20-18-16-14-12-10-8-6-4-2/h6,8,12,14,18,20,29,31,35,37,40,42,45-46,49-50H,3-5,7,9-11,13,15-17,19,21-28,30,32-34,36,38-39,41,43-44H2,1-2H3,(H,48,51)/b8-6-,14-12-,20-18-,31-29-,37-35-,42-40+. The van der Waals surface area contributed by atoms with Crippen LogP contribution in [0, 0.1) is 0 Å². The number of hydrogen-bond donors (Lipinski definition) is 3. The van der Waals surface area contributed by atoms with Gasteiger partial charge in [0, 0.05) is 6.42 Å². The van der Waals surface area contributed by atoms with Crippen molar-refractivity contribution in [3.05, 3.63) is 72.9 Å². The summed E-state index contributed by atoms with van der Waals surface area (Å²) in [7, 11) is 0. The van der Waals surface area contributed by atoms with Crippen LogP contribution in [0.25, 0.3) is 0 Å². The van der Waals surface area contributed by atoms with Crippen LogP contribution in [0.1, 0.15) is 200 Å². The third-order valence-corrected chi connectivity index (χ3v) is 9.45. The van der Waals surface area contributed by atoms with E-state index in [4.69, 9.17) is 0 Å². The number of rotatable bonds is 38. The predicted molar refractivity (Wildman–Crippen MR) is 225 cm³/mol. The molecule has 0 rings (SSSR count). The molecule has 4 nitrogen and oxygen atoms in total. The summed E-state index contributed by atoms with van der Waals surface area (Å²) in [5.41, 5.74) is 0. The van der Waals surface area contributed by atoms with Gasteiger partial charge in [0.15, 0.2) is 0 Å². The molecule has 0 spiro atoms. The summed E-state index contributed by atoms with van der Waals surface area (Å²) in [6, 6.07) is -0.655. The molecule has 4 heteroatoms. The Morgan fingerprint density at radius 2 is 0.863 bits per heavy atom. The zero-order chi connectivity index (χ0) is 37.1. The molecule has 0 aliphatic carbocycles. The molecular weight excluding hydrogens is 627 g/mol. The predicted octanol–water partition coefficient (Wildman–Crippen LogP) is 13.5. The average Bonchev–Trinajstić information content (AvgIpc) is 3.13. The van der Waals surface area contributed by atoms with Crippen molar-refractivity contribution in [1.82, 2.24) is 5.32 Å². The Labute approximate surface area is 317 Å².